The van der Waals surface area contributed by atoms with Crippen LogP contribution in [0.3, 0.4) is 0 Å². The molecule has 0 unspecified atom stereocenters. The van der Waals surface area contributed by atoms with E-state index < -0.39 is 0 Å². The highest BCUT2D eigenvalue weighted by Gasteiger charge is 2.21. The lowest BCUT2D eigenvalue weighted by Crippen LogP contribution is -2.04. The number of nitro benzene ring substituents is 1. The number of nitro groups is 1. The molecule has 2 aromatic rings. The third-order valence-electron chi connectivity index (χ3n) is 2.62. The lowest BCUT2D eigenvalue weighted by molar-refractivity contribution is -0.386. The van der Waals surface area contributed by atoms with Crippen LogP contribution in [0.5, 0.6) is 0 Å². The van der Waals surface area contributed by atoms with Crippen molar-refractivity contribution >= 4 is 23.1 Å². The van der Waals surface area contributed by atoms with Gasteiger partial charge >= 0.3 is 5.69 Å². The van der Waals surface area contributed by atoms with E-state index >= 15 is 0 Å². The zero-order valence-electron chi connectivity index (χ0n) is 11.2. The second-order valence-electron chi connectivity index (χ2n) is 4.10. The Hall–Kier alpha value is -2.09. The smallest absolute Gasteiger partial charge is 0.306 e. The first kappa shape index (κ1) is 14.3. The van der Waals surface area contributed by atoms with Crippen molar-refractivity contribution in [3.05, 3.63) is 34.6 Å². The minimum Gasteiger partial charge on any atom is -0.379 e. The molecule has 0 radical (unpaired) electrons. The Kier molecular flexibility index (Phi) is 4.57. The predicted molar refractivity (Wildman–Crippen MR) is 77.0 cm³/mol. The first-order chi connectivity index (χ1) is 9.63. The Morgan fingerprint density at radius 1 is 1.50 bits per heavy atom. The summed E-state index contributed by atoms with van der Waals surface area (Å²) in [6, 6.07) is 5.23. The molecule has 0 atom stereocenters. The number of anilines is 1. The van der Waals surface area contributed by atoms with Gasteiger partial charge in [0.25, 0.3) is 0 Å². The Labute approximate surface area is 120 Å². The predicted octanol–water partition coefficient (Wildman–Crippen LogP) is 2.70. The van der Waals surface area contributed by atoms with Crippen LogP contribution in [0, 0.1) is 10.1 Å². The van der Waals surface area contributed by atoms with Crippen LogP contribution in [-0.4, -0.2) is 26.2 Å². The Morgan fingerprint density at radius 3 is 2.90 bits per heavy atom. The van der Waals surface area contributed by atoms with Crippen molar-refractivity contribution < 1.29 is 4.92 Å². The molecule has 0 bridgehead atoms. The summed E-state index contributed by atoms with van der Waals surface area (Å²) >= 11 is 1.23. The molecule has 106 valence electrons. The Balaban J connectivity index is 2.36. The summed E-state index contributed by atoms with van der Waals surface area (Å²) in [5.74, 6) is 0. The van der Waals surface area contributed by atoms with Crippen molar-refractivity contribution in [2.24, 2.45) is 7.05 Å². The molecular weight excluding hydrogens is 278 g/mol. The largest absolute Gasteiger partial charge is 0.379 e. The average Bonchev–Trinajstić information content (AvgIpc) is 2.81. The summed E-state index contributed by atoms with van der Waals surface area (Å²) in [6.07, 6.45) is 2.32. The quantitative estimate of drug-likeness (QED) is 0.651. The lowest BCUT2D eigenvalue weighted by atomic mass is 10.2. The molecule has 1 aromatic carbocycles. The van der Waals surface area contributed by atoms with Gasteiger partial charge in [-0.05, 0) is 30.3 Å². The van der Waals surface area contributed by atoms with Gasteiger partial charge < -0.3 is 5.32 Å². The Bertz CT molecular complexity index is 614. The van der Waals surface area contributed by atoms with E-state index in [4.69, 9.17) is 0 Å². The normalized spacial score (nSPS) is 10.5. The summed E-state index contributed by atoms with van der Waals surface area (Å²) in [7, 11) is 1.75. The van der Waals surface area contributed by atoms with Gasteiger partial charge in [-0.15, -0.1) is 0 Å². The molecule has 0 aliphatic rings. The number of nitrogens with zero attached hydrogens (tertiary/aromatic N) is 4. The molecule has 0 amide bonds. The fourth-order valence-electron chi connectivity index (χ4n) is 1.67. The molecule has 2 rings (SSSR count). The number of nitrogens with one attached hydrogen (secondary N) is 1. The maximum atomic E-state index is 11.3. The fraction of sp³-hybridized carbons (Fsp3) is 0.333. The molecular formula is C12H15N5O2S. The second-order valence-corrected chi connectivity index (χ2v) is 5.11. The first-order valence-electron chi connectivity index (χ1n) is 6.16. The number of rotatable bonds is 6. The van der Waals surface area contributed by atoms with Gasteiger partial charge in [-0.25, -0.2) is 9.67 Å². The molecule has 1 heterocycles. The molecule has 20 heavy (non-hydrogen) atoms. The minimum atomic E-state index is -0.364. The van der Waals surface area contributed by atoms with E-state index in [-0.39, 0.29) is 10.6 Å². The van der Waals surface area contributed by atoms with E-state index in [0.29, 0.717) is 22.3 Å². The molecule has 8 heteroatoms. The van der Waals surface area contributed by atoms with Crippen LogP contribution in [0.1, 0.15) is 13.3 Å². The molecule has 0 aliphatic carbocycles. The maximum absolute atomic E-state index is 11.3. The summed E-state index contributed by atoms with van der Waals surface area (Å²) in [5, 5.41) is 19.0. The van der Waals surface area contributed by atoms with Gasteiger partial charge in [0, 0.05) is 13.6 Å². The van der Waals surface area contributed by atoms with Gasteiger partial charge in [-0.3, -0.25) is 10.1 Å². The van der Waals surface area contributed by atoms with Gasteiger partial charge in [0.1, 0.15) is 12.0 Å². The standard InChI is InChI=1S/C12H15N5O2S/c1-3-7-13-9-5-4-6-10(11(9)17(18)19)20-12-14-8-15-16(12)2/h4-6,8,13H,3,7H2,1-2H3. The van der Waals surface area contributed by atoms with Crippen molar-refractivity contribution in [3.8, 4) is 0 Å². The SMILES string of the molecule is CCCNc1cccc(Sc2ncnn2C)c1[N+](=O)[O-]. The molecule has 0 aliphatic heterocycles. The highest BCUT2D eigenvalue weighted by atomic mass is 32.2. The number of hydrogen-bond donors (Lipinski definition) is 1. The molecule has 7 nitrogen and oxygen atoms in total. The molecule has 1 aromatic heterocycles. The van der Waals surface area contributed by atoms with Gasteiger partial charge in [-0.2, -0.15) is 5.10 Å². The van der Waals surface area contributed by atoms with Crippen LogP contribution in [-0.2, 0) is 7.05 Å². The van der Waals surface area contributed by atoms with Crippen LogP contribution in [0.15, 0.2) is 34.6 Å². The van der Waals surface area contributed by atoms with E-state index in [1.807, 2.05) is 6.92 Å². The average molecular weight is 293 g/mol. The van der Waals surface area contributed by atoms with Gasteiger partial charge in [0.15, 0.2) is 5.16 Å². The lowest BCUT2D eigenvalue weighted by Gasteiger charge is -2.08. The molecule has 0 saturated carbocycles. The summed E-state index contributed by atoms with van der Waals surface area (Å²) in [4.78, 5) is 15.6. The monoisotopic (exact) mass is 293 g/mol. The van der Waals surface area contributed by atoms with Gasteiger partial charge in [-0.1, -0.05) is 13.0 Å². The van der Waals surface area contributed by atoms with E-state index in [9.17, 15) is 10.1 Å². The van der Waals surface area contributed by atoms with Crippen LogP contribution in [0.25, 0.3) is 0 Å². The summed E-state index contributed by atoms with van der Waals surface area (Å²) in [6.45, 7) is 2.70. The number of hydrogen-bond acceptors (Lipinski definition) is 6. The van der Waals surface area contributed by atoms with E-state index in [0.717, 1.165) is 6.42 Å². The Morgan fingerprint density at radius 2 is 2.30 bits per heavy atom. The first-order valence-corrected chi connectivity index (χ1v) is 6.98. The third kappa shape index (κ3) is 3.08. The number of aromatic nitrogens is 3. The van der Waals surface area contributed by atoms with Crippen LogP contribution < -0.4 is 5.32 Å². The molecule has 0 fully saturated rings. The van der Waals surface area contributed by atoms with Crippen molar-refractivity contribution in [2.45, 2.75) is 23.4 Å². The molecule has 0 saturated heterocycles. The van der Waals surface area contributed by atoms with Gasteiger partial charge in [0.05, 0.1) is 9.82 Å². The van der Waals surface area contributed by atoms with E-state index in [1.165, 1.54) is 18.1 Å². The number of aryl methyl sites for hydroxylation is 1. The summed E-state index contributed by atoms with van der Waals surface area (Å²) < 4.78 is 1.58. The number of para-hydroxylation sites is 1. The topological polar surface area (TPSA) is 85.9 Å². The molecule has 1 N–H and O–H groups in total. The van der Waals surface area contributed by atoms with Crippen LogP contribution in [0.2, 0.25) is 0 Å². The fourth-order valence-corrected chi connectivity index (χ4v) is 2.58. The second kappa shape index (κ2) is 6.38. The highest BCUT2D eigenvalue weighted by Crippen LogP contribution is 2.38. The van der Waals surface area contributed by atoms with E-state index in [2.05, 4.69) is 15.4 Å². The minimum absolute atomic E-state index is 0.0777. The number of benzene rings is 1. The van der Waals surface area contributed by atoms with Crippen molar-refractivity contribution in [2.75, 3.05) is 11.9 Å². The third-order valence-corrected chi connectivity index (χ3v) is 3.72. The van der Waals surface area contributed by atoms with Crippen LogP contribution >= 0.6 is 11.8 Å². The van der Waals surface area contributed by atoms with E-state index in [1.54, 1.807) is 29.9 Å². The molecule has 0 spiro atoms. The maximum Gasteiger partial charge on any atom is 0.306 e. The zero-order chi connectivity index (χ0) is 14.5. The zero-order valence-corrected chi connectivity index (χ0v) is 12.1. The van der Waals surface area contributed by atoms with Crippen molar-refractivity contribution in [1.82, 2.24) is 14.8 Å². The summed E-state index contributed by atoms with van der Waals surface area (Å²) in [5.41, 5.74) is 0.609. The van der Waals surface area contributed by atoms with Crippen LogP contribution in [0.4, 0.5) is 11.4 Å². The van der Waals surface area contributed by atoms with Gasteiger partial charge in [0.2, 0.25) is 0 Å². The highest BCUT2D eigenvalue weighted by molar-refractivity contribution is 7.99. The van der Waals surface area contributed by atoms with Crippen molar-refractivity contribution in [3.63, 3.8) is 0 Å². The van der Waals surface area contributed by atoms with Crippen molar-refractivity contribution in [1.29, 1.82) is 0 Å².